The number of aryl methyl sites for hydroxylation is 1. The highest BCUT2D eigenvalue weighted by molar-refractivity contribution is 6.39. The van der Waals surface area contributed by atoms with Crippen molar-refractivity contribution in [3.8, 4) is 0 Å². The molecule has 0 saturated carbocycles. The van der Waals surface area contributed by atoms with Crippen LogP contribution in [0.15, 0.2) is 38.9 Å². The van der Waals surface area contributed by atoms with E-state index in [1.807, 2.05) is 6.92 Å². The van der Waals surface area contributed by atoms with Crippen LogP contribution in [0.5, 0.6) is 0 Å². The SMILES string of the molecule is CCC1C(=O)N=C(n2nc(C)cc2NC(=O)C(=O)NCc2ccco2)N=C1C. The molecule has 3 rings (SSSR count). The zero-order chi connectivity index (χ0) is 20.3. The van der Waals surface area contributed by atoms with Gasteiger partial charge < -0.3 is 15.1 Å². The van der Waals surface area contributed by atoms with Gasteiger partial charge in [0.1, 0.15) is 11.6 Å². The molecule has 1 aliphatic rings. The van der Waals surface area contributed by atoms with E-state index in [0.717, 1.165) is 0 Å². The highest BCUT2D eigenvalue weighted by Crippen LogP contribution is 2.17. The van der Waals surface area contributed by atoms with E-state index in [9.17, 15) is 14.4 Å². The zero-order valence-electron chi connectivity index (χ0n) is 15.7. The fourth-order valence-electron chi connectivity index (χ4n) is 2.76. The predicted octanol–water partition coefficient (Wildman–Crippen LogP) is 1.27. The molecule has 0 radical (unpaired) electrons. The largest absolute Gasteiger partial charge is 0.467 e. The van der Waals surface area contributed by atoms with Gasteiger partial charge in [-0.25, -0.2) is 4.99 Å². The second-order valence-corrected chi connectivity index (χ2v) is 6.26. The number of anilines is 1. The summed E-state index contributed by atoms with van der Waals surface area (Å²) in [5.41, 5.74) is 1.19. The maximum absolute atomic E-state index is 12.2. The van der Waals surface area contributed by atoms with Crippen molar-refractivity contribution in [3.05, 3.63) is 35.9 Å². The molecular weight excluding hydrogens is 364 g/mol. The van der Waals surface area contributed by atoms with Gasteiger partial charge in [0.15, 0.2) is 0 Å². The number of hydrogen-bond acceptors (Lipinski definition) is 6. The van der Waals surface area contributed by atoms with Crippen LogP contribution in [-0.4, -0.2) is 39.2 Å². The van der Waals surface area contributed by atoms with E-state index in [1.165, 1.54) is 10.9 Å². The van der Waals surface area contributed by atoms with Crippen LogP contribution < -0.4 is 10.6 Å². The lowest BCUT2D eigenvalue weighted by molar-refractivity contribution is -0.136. The number of furan rings is 1. The number of amides is 3. The number of carbonyl (C=O) groups is 3. The Kier molecular flexibility index (Phi) is 5.48. The fourth-order valence-corrected chi connectivity index (χ4v) is 2.76. The van der Waals surface area contributed by atoms with Crippen molar-refractivity contribution in [1.82, 2.24) is 15.1 Å². The summed E-state index contributed by atoms with van der Waals surface area (Å²) >= 11 is 0. The van der Waals surface area contributed by atoms with E-state index in [1.54, 1.807) is 32.0 Å². The average molecular weight is 384 g/mol. The Hall–Kier alpha value is -3.56. The van der Waals surface area contributed by atoms with E-state index in [0.29, 0.717) is 23.6 Å². The molecule has 2 N–H and O–H groups in total. The Morgan fingerprint density at radius 3 is 2.68 bits per heavy atom. The maximum atomic E-state index is 12.2. The average Bonchev–Trinajstić information content (AvgIpc) is 3.29. The van der Waals surface area contributed by atoms with E-state index in [4.69, 9.17) is 4.42 Å². The van der Waals surface area contributed by atoms with Gasteiger partial charge in [0.2, 0.25) is 0 Å². The van der Waals surface area contributed by atoms with E-state index in [-0.39, 0.29) is 30.1 Å². The van der Waals surface area contributed by atoms with Gasteiger partial charge >= 0.3 is 11.8 Å². The smallest absolute Gasteiger partial charge is 0.314 e. The van der Waals surface area contributed by atoms with Crippen LogP contribution in [0.25, 0.3) is 0 Å². The molecule has 146 valence electrons. The van der Waals surface area contributed by atoms with Gasteiger partial charge in [-0.05, 0) is 32.4 Å². The first-order valence-corrected chi connectivity index (χ1v) is 8.75. The van der Waals surface area contributed by atoms with E-state index < -0.39 is 11.8 Å². The lowest BCUT2D eigenvalue weighted by Crippen LogP contribution is -2.36. The molecule has 0 aliphatic carbocycles. The summed E-state index contributed by atoms with van der Waals surface area (Å²) in [5.74, 6) is -1.64. The first kappa shape index (κ1) is 19.2. The van der Waals surface area contributed by atoms with Crippen LogP contribution in [0.2, 0.25) is 0 Å². The summed E-state index contributed by atoms with van der Waals surface area (Å²) in [6, 6.07) is 4.92. The summed E-state index contributed by atoms with van der Waals surface area (Å²) in [7, 11) is 0. The second kappa shape index (κ2) is 7.99. The molecule has 28 heavy (non-hydrogen) atoms. The van der Waals surface area contributed by atoms with Crippen molar-refractivity contribution < 1.29 is 18.8 Å². The summed E-state index contributed by atoms with van der Waals surface area (Å²) in [4.78, 5) is 44.7. The number of aliphatic imine (C=N–C) groups is 2. The number of carbonyl (C=O) groups excluding carboxylic acids is 3. The second-order valence-electron chi connectivity index (χ2n) is 6.26. The quantitative estimate of drug-likeness (QED) is 0.767. The van der Waals surface area contributed by atoms with Crippen LogP contribution in [0.3, 0.4) is 0 Å². The standard InChI is InChI=1S/C18H20N6O4/c1-4-13-11(3)20-18(22-15(13)25)24-14(8-10(2)23-24)21-17(27)16(26)19-9-12-6-5-7-28-12/h5-8,13H,4,9H2,1-3H3,(H,19,26)(H,21,27). The van der Waals surface area contributed by atoms with Crippen molar-refractivity contribution in [1.29, 1.82) is 0 Å². The third kappa shape index (κ3) is 4.05. The molecule has 0 bridgehead atoms. The molecule has 10 heteroatoms. The molecule has 1 unspecified atom stereocenters. The Morgan fingerprint density at radius 1 is 1.25 bits per heavy atom. The summed E-state index contributed by atoms with van der Waals surface area (Å²) < 4.78 is 6.34. The number of nitrogens with zero attached hydrogens (tertiary/aromatic N) is 4. The van der Waals surface area contributed by atoms with Crippen LogP contribution in [-0.2, 0) is 20.9 Å². The van der Waals surface area contributed by atoms with E-state index in [2.05, 4.69) is 25.7 Å². The number of aromatic nitrogens is 2. The van der Waals surface area contributed by atoms with Gasteiger partial charge in [0.05, 0.1) is 24.4 Å². The third-order valence-electron chi connectivity index (χ3n) is 4.17. The van der Waals surface area contributed by atoms with Crippen molar-refractivity contribution in [2.45, 2.75) is 33.7 Å². The molecule has 1 atom stereocenters. The van der Waals surface area contributed by atoms with Crippen molar-refractivity contribution in [2.24, 2.45) is 15.9 Å². The molecule has 0 aromatic carbocycles. The van der Waals surface area contributed by atoms with Crippen molar-refractivity contribution >= 4 is 35.2 Å². The van der Waals surface area contributed by atoms with Crippen molar-refractivity contribution in [3.63, 3.8) is 0 Å². The minimum Gasteiger partial charge on any atom is -0.467 e. The first-order valence-electron chi connectivity index (χ1n) is 8.75. The number of hydrogen-bond donors (Lipinski definition) is 2. The van der Waals surface area contributed by atoms with Gasteiger partial charge in [-0.15, -0.1) is 0 Å². The van der Waals surface area contributed by atoms with E-state index >= 15 is 0 Å². The maximum Gasteiger partial charge on any atom is 0.314 e. The molecular formula is C18H20N6O4. The highest BCUT2D eigenvalue weighted by Gasteiger charge is 2.27. The third-order valence-corrected chi connectivity index (χ3v) is 4.17. The Bertz CT molecular complexity index is 970. The fraction of sp³-hybridized carbons (Fsp3) is 0.333. The summed E-state index contributed by atoms with van der Waals surface area (Å²) in [6.45, 7) is 5.42. The highest BCUT2D eigenvalue weighted by atomic mass is 16.3. The van der Waals surface area contributed by atoms with Crippen molar-refractivity contribution in [2.75, 3.05) is 5.32 Å². The molecule has 0 saturated heterocycles. The molecule has 1 aliphatic heterocycles. The molecule has 3 heterocycles. The minimum atomic E-state index is -0.887. The molecule has 0 spiro atoms. The topological polar surface area (TPSA) is 131 Å². The minimum absolute atomic E-state index is 0.0478. The lowest BCUT2D eigenvalue weighted by Gasteiger charge is -2.17. The van der Waals surface area contributed by atoms with Crippen LogP contribution in [0.4, 0.5) is 5.82 Å². The molecule has 3 amide bonds. The lowest BCUT2D eigenvalue weighted by atomic mass is 10.00. The van der Waals surface area contributed by atoms with Gasteiger partial charge in [0, 0.05) is 11.8 Å². The first-order chi connectivity index (χ1) is 13.4. The molecule has 10 nitrogen and oxygen atoms in total. The van der Waals surface area contributed by atoms with Gasteiger partial charge in [-0.1, -0.05) is 6.92 Å². The Morgan fingerprint density at radius 2 is 2.04 bits per heavy atom. The summed E-state index contributed by atoms with van der Waals surface area (Å²) in [5, 5.41) is 9.14. The molecule has 2 aromatic rings. The normalized spacial score (nSPS) is 16.4. The molecule has 0 fully saturated rings. The van der Waals surface area contributed by atoms with Crippen LogP contribution in [0, 0.1) is 12.8 Å². The number of nitrogens with one attached hydrogen (secondary N) is 2. The monoisotopic (exact) mass is 384 g/mol. The van der Waals surface area contributed by atoms with Gasteiger partial charge in [0.25, 0.3) is 11.9 Å². The Balaban J connectivity index is 1.74. The van der Waals surface area contributed by atoms with Crippen LogP contribution >= 0.6 is 0 Å². The van der Waals surface area contributed by atoms with Crippen LogP contribution in [0.1, 0.15) is 31.7 Å². The zero-order valence-corrected chi connectivity index (χ0v) is 15.7. The predicted molar refractivity (Wildman–Crippen MR) is 101 cm³/mol. The molecule has 2 aromatic heterocycles. The summed E-state index contributed by atoms with van der Waals surface area (Å²) in [6.07, 6.45) is 2.07. The Labute approximate surface area is 160 Å². The number of rotatable bonds is 4. The van der Waals surface area contributed by atoms with Gasteiger partial charge in [-0.2, -0.15) is 14.8 Å². The van der Waals surface area contributed by atoms with Gasteiger partial charge in [-0.3, -0.25) is 14.4 Å².